The summed E-state index contributed by atoms with van der Waals surface area (Å²) in [5.74, 6) is 0.844. The summed E-state index contributed by atoms with van der Waals surface area (Å²) in [6.45, 7) is 1.95. The highest BCUT2D eigenvalue weighted by Gasteiger charge is 2.13. The highest BCUT2D eigenvalue weighted by atomic mass is 32.1. The molecule has 4 nitrogen and oxygen atoms in total. The van der Waals surface area contributed by atoms with Crippen LogP contribution in [-0.2, 0) is 11.2 Å². The maximum atomic E-state index is 12.0. The Kier molecular flexibility index (Phi) is 4.01. The van der Waals surface area contributed by atoms with Crippen LogP contribution in [0.5, 0.6) is 0 Å². The lowest BCUT2D eigenvalue weighted by Crippen LogP contribution is -2.27. The Bertz CT molecular complexity index is 700. The Morgan fingerprint density at radius 1 is 1.33 bits per heavy atom. The van der Waals surface area contributed by atoms with Crippen molar-refractivity contribution in [3.05, 3.63) is 52.5 Å². The van der Waals surface area contributed by atoms with E-state index in [9.17, 15) is 4.79 Å². The van der Waals surface area contributed by atoms with Crippen LogP contribution in [0.1, 0.15) is 30.1 Å². The summed E-state index contributed by atoms with van der Waals surface area (Å²) >= 11 is 1.68. The van der Waals surface area contributed by atoms with E-state index in [-0.39, 0.29) is 11.9 Å². The standard InChI is InChI=1S/C16H17N3OS/c1-11(16-18-13-6-2-3-7-14(13)19-16)17-15(20)9-8-12-5-4-10-21-12/h2-7,10-11H,8-9H2,1H3,(H,17,20)(H,18,19). The van der Waals surface area contributed by atoms with Crippen LogP contribution >= 0.6 is 11.3 Å². The van der Waals surface area contributed by atoms with Gasteiger partial charge < -0.3 is 10.3 Å². The molecule has 1 aromatic carbocycles. The number of aromatic nitrogens is 2. The molecular weight excluding hydrogens is 282 g/mol. The van der Waals surface area contributed by atoms with Crippen LogP contribution in [0.2, 0.25) is 0 Å². The molecule has 0 bridgehead atoms. The first-order valence-corrected chi connectivity index (χ1v) is 7.87. The van der Waals surface area contributed by atoms with Gasteiger partial charge in [0.2, 0.25) is 5.91 Å². The normalized spacial score (nSPS) is 12.4. The van der Waals surface area contributed by atoms with Crippen molar-refractivity contribution in [3.63, 3.8) is 0 Å². The smallest absolute Gasteiger partial charge is 0.220 e. The van der Waals surface area contributed by atoms with Crippen molar-refractivity contribution >= 4 is 28.3 Å². The molecule has 0 aliphatic heterocycles. The number of hydrogen-bond donors (Lipinski definition) is 2. The van der Waals surface area contributed by atoms with E-state index in [0.717, 1.165) is 23.3 Å². The highest BCUT2D eigenvalue weighted by Crippen LogP contribution is 2.16. The van der Waals surface area contributed by atoms with E-state index < -0.39 is 0 Å². The van der Waals surface area contributed by atoms with E-state index in [4.69, 9.17) is 0 Å². The van der Waals surface area contributed by atoms with Gasteiger partial charge in [-0.25, -0.2) is 4.98 Å². The number of rotatable bonds is 5. The van der Waals surface area contributed by atoms with E-state index in [1.165, 1.54) is 4.88 Å². The third-order valence-electron chi connectivity index (χ3n) is 3.37. The number of thiophene rings is 1. The molecule has 5 heteroatoms. The van der Waals surface area contributed by atoms with Gasteiger partial charge in [0, 0.05) is 11.3 Å². The number of amides is 1. The molecule has 2 aromatic heterocycles. The number of benzene rings is 1. The molecule has 1 unspecified atom stereocenters. The zero-order chi connectivity index (χ0) is 14.7. The van der Waals surface area contributed by atoms with Crippen molar-refractivity contribution in [2.75, 3.05) is 0 Å². The van der Waals surface area contributed by atoms with E-state index in [0.29, 0.717) is 6.42 Å². The Balaban J connectivity index is 1.60. The molecule has 0 aliphatic carbocycles. The summed E-state index contributed by atoms with van der Waals surface area (Å²) < 4.78 is 0. The number of aryl methyl sites for hydroxylation is 1. The maximum absolute atomic E-state index is 12.0. The van der Waals surface area contributed by atoms with Crippen molar-refractivity contribution in [1.82, 2.24) is 15.3 Å². The first-order chi connectivity index (χ1) is 10.2. The van der Waals surface area contributed by atoms with Gasteiger partial charge in [-0.05, 0) is 36.9 Å². The lowest BCUT2D eigenvalue weighted by Gasteiger charge is -2.11. The second-order valence-electron chi connectivity index (χ2n) is 5.01. The van der Waals surface area contributed by atoms with Gasteiger partial charge in [0.25, 0.3) is 0 Å². The van der Waals surface area contributed by atoms with Crippen molar-refractivity contribution in [3.8, 4) is 0 Å². The van der Waals surface area contributed by atoms with Crippen LogP contribution in [0.15, 0.2) is 41.8 Å². The molecule has 2 N–H and O–H groups in total. The minimum Gasteiger partial charge on any atom is -0.346 e. The Morgan fingerprint density at radius 3 is 2.95 bits per heavy atom. The van der Waals surface area contributed by atoms with Gasteiger partial charge in [0.15, 0.2) is 0 Å². The molecule has 108 valence electrons. The molecular formula is C16H17N3OS. The van der Waals surface area contributed by atoms with Gasteiger partial charge in [-0.1, -0.05) is 18.2 Å². The number of imidazole rings is 1. The zero-order valence-electron chi connectivity index (χ0n) is 11.8. The minimum atomic E-state index is -0.117. The molecule has 2 heterocycles. The topological polar surface area (TPSA) is 57.8 Å². The monoisotopic (exact) mass is 299 g/mol. The molecule has 3 aromatic rings. The van der Waals surface area contributed by atoms with Crippen molar-refractivity contribution in [2.45, 2.75) is 25.8 Å². The number of aromatic amines is 1. The number of hydrogen-bond acceptors (Lipinski definition) is 3. The number of carbonyl (C=O) groups is 1. The summed E-state index contributed by atoms with van der Waals surface area (Å²) in [7, 11) is 0. The van der Waals surface area contributed by atoms with Gasteiger partial charge in [0.1, 0.15) is 5.82 Å². The predicted molar refractivity (Wildman–Crippen MR) is 85.3 cm³/mol. The summed E-state index contributed by atoms with van der Waals surface area (Å²) in [4.78, 5) is 21.0. The van der Waals surface area contributed by atoms with Gasteiger partial charge in [-0.2, -0.15) is 0 Å². The number of carbonyl (C=O) groups excluding carboxylic acids is 1. The largest absolute Gasteiger partial charge is 0.346 e. The lowest BCUT2D eigenvalue weighted by molar-refractivity contribution is -0.121. The average molecular weight is 299 g/mol. The molecule has 0 aliphatic rings. The quantitative estimate of drug-likeness (QED) is 0.758. The Labute approximate surface area is 127 Å². The van der Waals surface area contributed by atoms with Crippen LogP contribution in [0.25, 0.3) is 11.0 Å². The molecule has 0 saturated heterocycles. The van der Waals surface area contributed by atoms with Crippen molar-refractivity contribution < 1.29 is 4.79 Å². The number of fused-ring (bicyclic) bond motifs is 1. The average Bonchev–Trinajstić information content (AvgIpc) is 3.14. The van der Waals surface area contributed by atoms with E-state index in [2.05, 4.69) is 21.4 Å². The molecule has 0 radical (unpaired) electrons. The lowest BCUT2D eigenvalue weighted by atomic mass is 10.2. The zero-order valence-corrected chi connectivity index (χ0v) is 12.6. The fraction of sp³-hybridized carbons (Fsp3) is 0.250. The second kappa shape index (κ2) is 6.10. The van der Waals surface area contributed by atoms with Gasteiger partial charge >= 0.3 is 0 Å². The van der Waals surface area contributed by atoms with Crippen LogP contribution in [0.4, 0.5) is 0 Å². The molecule has 0 spiro atoms. The van der Waals surface area contributed by atoms with E-state index >= 15 is 0 Å². The molecule has 0 saturated carbocycles. The second-order valence-corrected chi connectivity index (χ2v) is 6.04. The first kappa shape index (κ1) is 13.8. The van der Waals surface area contributed by atoms with Crippen LogP contribution in [0.3, 0.4) is 0 Å². The van der Waals surface area contributed by atoms with Crippen LogP contribution < -0.4 is 5.32 Å². The molecule has 0 fully saturated rings. The highest BCUT2D eigenvalue weighted by molar-refractivity contribution is 7.09. The fourth-order valence-electron chi connectivity index (χ4n) is 2.25. The molecule has 1 amide bonds. The van der Waals surface area contributed by atoms with Gasteiger partial charge in [-0.15, -0.1) is 11.3 Å². The summed E-state index contributed by atoms with van der Waals surface area (Å²) in [6, 6.07) is 11.8. The third kappa shape index (κ3) is 3.31. The Hall–Kier alpha value is -2.14. The number of nitrogens with one attached hydrogen (secondary N) is 2. The Morgan fingerprint density at radius 2 is 2.19 bits per heavy atom. The van der Waals surface area contributed by atoms with Crippen LogP contribution in [0, 0.1) is 0 Å². The van der Waals surface area contributed by atoms with Crippen molar-refractivity contribution in [1.29, 1.82) is 0 Å². The molecule has 1 atom stereocenters. The number of H-pyrrole nitrogens is 1. The maximum Gasteiger partial charge on any atom is 0.220 e. The third-order valence-corrected chi connectivity index (χ3v) is 4.31. The number of para-hydroxylation sites is 2. The summed E-state index contributed by atoms with van der Waals surface area (Å²) in [6.07, 6.45) is 1.29. The van der Waals surface area contributed by atoms with Crippen LogP contribution in [-0.4, -0.2) is 15.9 Å². The van der Waals surface area contributed by atoms with Gasteiger partial charge in [-0.3, -0.25) is 4.79 Å². The predicted octanol–water partition coefficient (Wildman–Crippen LogP) is 3.43. The van der Waals surface area contributed by atoms with E-state index in [1.54, 1.807) is 11.3 Å². The minimum absolute atomic E-state index is 0.0522. The SMILES string of the molecule is CC(NC(=O)CCc1cccs1)c1nc2ccccc2[nH]1. The van der Waals surface area contributed by atoms with E-state index in [1.807, 2.05) is 42.6 Å². The number of nitrogens with zero attached hydrogens (tertiary/aromatic N) is 1. The molecule has 21 heavy (non-hydrogen) atoms. The molecule has 3 rings (SSSR count). The summed E-state index contributed by atoms with van der Waals surface area (Å²) in [5, 5.41) is 5.02. The van der Waals surface area contributed by atoms with Crippen molar-refractivity contribution in [2.24, 2.45) is 0 Å². The first-order valence-electron chi connectivity index (χ1n) is 6.99. The summed E-state index contributed by atoms with van der Waals surface area (Å²) in [5.41, 5.74) is 1.92. The fourth-order valence-corrected chi connectivity index (χ4v) is 2.96. The van der Waals surface area contributed by atoms with Gasteiger partial charge in [0.05, 0.1) is 17.1 Å².